The third-order valence-corrected chi connectivity index (χ3v) is 5.28. The monoisotopic (exact) mass is 353 g/mol. The van der Waals surface area contributed by atoms with E-state index in [0.29, 0.717) is 12.1 Å². The molecule has 0 spiro atoms. The van der Waals surface area contributed by atoms with Gasteiger partial charge in [-0.2, -0.15) is 0 Å². The standard InChI is InChI=1S/C18H28BrNO/c1-4-20-18(9-8-15-7-5-6-10-21-15)16-11-14(3)17(19)12-13(16)2/h11-12,15,18,20H,4-10H2,1-3H3. The van der Waals surface area contributed by atoms with Crippen LogP contribution in [0.5, 0.6) is 0 Å². The van der Waals surface area contributed by atoms with E-state index in [4.69, 9.17) is 4.74 Å². The van der Waals surface area contributed by atoms with E-state index >= 15 is 0 Å². The second-order valence-electron chi connectivity index (χ2n) is 6.13. The van der Waals surface area contributed by atoms with Crippen LogP contribution in [0.1, 0.15) is 61.8 Å². The normalized spacial score (nSPS) is 20.5. The first-order valence-electron chi connectivity index (χ1n) is 8.23. The van der Waals surface area contributed by atoms with E-state index in [2.05, 4.69) is 54.2 Å². The lowest BCUT2D eigenvalue weighted by molar-refractivity contribution is 0.00855. The maximum atomic E-state index is 5.88. The van der Waals surface area contributed by atoms with E-state index in [-0.39, 0.29) is 0 Å². The largest absolute Gasteiger partial charge is 0.378 e. The Hall–Kier alpha value is -0.380. The molecule has 0 radical (unpaired) electrons. The molecule has 1 aromatic carbocycles. The van der Waals surface area contributed by atoms with Gasteiger partial charge in [-0.3, -0.25) is 0 Å². The van der Waals surface area contributed by atoms with Gasteiger partial charge in [0.2, 0.25) is 0 Å². The van der Waals surface area contributed by atoms with Crippen LogP contribution in [0.25, 0.3) is 0 Å². The number of ether oxygens (including phenoxy) is 1. The summed E-state index contributed by atoms with van der Waals surface area (Å²) in [6, 6.07) is 5.01. The van der Waals surface area contributed by atoms with Crippen LogP contribution in [0.2, 0.25) is 0 Å². The van der Waals surface area contributed by atoms with E-state index in [1.54, 1.807) is 0 Å². The first kappa shape index (κ1) is 17.0. The van der Waals surface area contributed by atoms with Crippen molar-refractivity contribution in [3.63, 3.8) is 0 Å². The number of halogens is 1. The molecule has 0 bridgehead atoms. The maximum absolute atomic E-state index is 5.88. The van der Waals surface area contributed by atoms with Crippen molar-refractivity contribution in [2.24, 2.45) is 0 Å². The number of benzene rings is 1. The summed E-state index contributed by atoms with van der Waals surface area (Å²) in [4.78, 5) is 0. The molecule has 1 aromatic rings. The molecule has 1 saturated heterocycles. The number of hydrogen-bond donors (Lipinski definition) is 1. The molecule has 1 N–H and O–H groups in total. The molecule has 2 atom stereocenters. The third-order valence-electron chi connectivity index (χ3n) is 4.42. The zero-order valence-corrected chi connectivity index (χ0v) is 15.1. The molecular formula is C18H28BrNO. The van der Waals surface area contributed by atoms with Gasteiger partial charge in [-0.05, 0) is 75.3 Å². The van der Waals surface area contributed by atoms with Crippen molar-refractivity contribution in [2.75, 3.05) is 13.2 Å². The average Bonchev–Trinajstić information content (AvgIpc) is 2.48. The van der Waals surface area contributed by atoms with Crippen LogP contribution in [0.3, 0.4) is 0 Å². The molecule has 1 heterocycles. The van der Waals surface area contributed by atoms with Gasteiger partial charge in [0.25, 0.3) is 0 Å². The summed E-state index contributed by atoms with van der Waals surface area (Å²) in [5, 5.41) is 3.66. The summed E-state index contributed by atoms with van der Waals surface area (Å²) in [6.07, 6.45) is 6.58. The highest BCUT2D eigenvalue weighted by Gasteiger charge is 2.19. The molecule has 1 aliphatic rings. The Morgan fingerprint density at radius 2 is 2.10 bits per heavy atom. The third kappa shape index (κ3) is 4.80. The van der Waals surface area contributed by atoms with E-state index in [0.717, 1.165) is 26.0 Å². The SMILES string of the molecule is CCNC(CCC1CCCCO1)c1cc(C)c(Br)cc1C. The number of hydrogen-bond acceptors (Lipinski definition) is 2. The van der Waals surface area contributed by atoms with Crippen molar-refractivity contribution in [3.8, 4) is 0 Å². The second-order valence-corrected chi connectivity index (χ2v) is 6.99. The van der Waals surface area contributed by atoms with Crippen LogP contribution in [0, 0.1) is 13.8 Å². The summed E-state index contributed by atoms with van der Waals surface area (Å²) in [5.74, 6) is 0. The van der Waals surface area contributed by atoms with Crippen molar-refractivity contribution in [2.45, 2.75) is 65.0 Å². The van der Waals surface area contributed by atoms with Gasteiger partial charge in [-0.25, -0.2) is 0 Å². The van der Waals surface area contributed by atoms with Gasteiger partial charge in [-0.1, -0.05) is 28.9 Å². The number of aryl methyl sites for hydroxylation is 2. The second kappa shape index (κ2) is 8.30. The van der Waals surface area contributed by atoms with Crippen molar-refractivity contribution in [1.82, 2.24) is 5.32 Å². The highest BCUT2D eigenvalue weighted by Crippen LogP contribution is 2.29. The van der Waals surface area contributed by atoms with Crippen LogP contribution in [-0.4, -0.2) is 19.3 Å². The van der Waals surface area contributed by atoms with Crippen LogP contribution >= 0.6 is 15.9 Å². The molecule has 2 nitrogen and oxygen atoms in total. The fraction of sp³-hybridized carbons (Fsp3) is 0.667. The summed E-state index contributed by atoms with van der Waals surface area (Å²) < 4.78 is 7.08. The molecule has 1 fully saturated rings. The molecule has 0 aromatic heterocycles. The molecule has 21 heavy (non-hydrogen) atoms. The molecule has 2 rings (SSSR count). The molecule has 1 aliphatic heterocycles. The fourth-order valence-corrected chi connectivity index (χ4v) is 3.64. The fourth-order valence-electron chi connectivity index (χ4n) is 3.18. The Bertz CT molecular complexity index is 455. The Morgan fingerprint density at radius 3 is 2.76 bits per heavy atom. The molecule has 0 amide bonds. The van der Waals surface area contributed by atoms with Gasteiger partial charge >= 0.3 is 0 Å². The van der Waals surface area contributed by atoms with Gasteiger partial charge < -0.3 is 10.1 Å². The van der Waals surface area contributed by atoms with Crippen LogP contribution in [-0.2, 0) is 4.74 Å². The van der Waals surface area contributed by atoms with Crippen molar-refractivity contribution in [1.29, 1.82) is 0 Å². The van der Waals surface area contributed by atoms with Crippen LogP contribution in [0.15, 0.2) is 16.6 Å². The molecule has 3 heteroatoms. The van der Waals surface area contributed by atoms with Crippen molar-refractivity contribution >= 4 is 15.9 Å². The van der Waals surface area contributed by atoms with E-state index in [1.807, 2.05) is 0 Å². The molecule has 118 valence electrons. The van der Waals surface area contributed by atoms with Crippen LogP contribution < -0.4 is 5.32 Å². The highest BCUT2D eigenvalue weighted by molar-refractivity contribution is 9.10. The lowest BCUT2D eigenvalue weighted by Crippen LogP contribution is -2.25. The zero-order valence-electron chi connectivity index (χ0n) is 13.5. The highest BCUT2D eigenvalue weighted by atomic mass is 79.9. The van der Waals surface area contributed by atoms with E-state index < -0.39 is 0 Å². The minimum Gasteiger partial charge on any atom is -0.378 e. The quantitative estimate of drug-likeness (QED) is 0.770. The summed E-state index contributed by atoms with van der Waals surface area (Å²) in [6.45, 7) is 8.52. The Kier molecular flexibility index (Phi) is 6.72. The first-order chi connectivity index (χ1) is 10.1. The predicted molar refractivity (Wildman–Crippen MR) is 92.9 cm³/mol. The van der Waals surface area contributed by atoms with Gasteiger partial charge in [0.05, 0.1) is 6.10 Å². The summed E-state index contributed by atoms with van der Waals surface area (Å²) in [7, 11) is 0. The smallest absolute Gasteiger partial charge is 0.0575 e. The topological polar surface area (TPSA) is 21.3 Å². The maximum Gasteiger partial charge on any atom is 0.0575 e. The summed E-state index contributed by atoms with van der Waals surface area (Å²) in [5.41, 5.74) is 4.11. The molecular weight excluding hydrogens is 326 g/mol. The molecule has 0 aliphatic carbocycles. The predicted octanol–water partition coefficient (Wildman–Crippen LogP) is 5.07. The minimum absolute atomic E-state index is 0.437. The molecule has 2 unspecified atom stereocenters. The van der Waals surface area contributed by atoms with Crippen molar-refractivity contribution < 1.29 is 4.74 Å². The average molecular weight is 354 g/mol. The number of nitrogens with one attached hydrogen (secondary N) is 1. The zero-order chi connectivity index (χ0) is 15.2. The lowest BCUT2D eigenvalue weighted by Gasteiger charge is -2.26. The Morgan fingerprint density at radius 1 is 1.29 bits per heavy atom. The van der Waals surface area contributed by atoms with E-state index in [1.165, 1.54) is 40.4 Å². The van der Waals surface area contributed by atoms with Gasteiger partial charge in [0.15, 0.2) is 0 Å². The number of rotatable bonds is 6. The van der Waals surface area contributed by atoms with E-state index in [9.17, 15) is 0 Å². The minimum atomic E-state index is 0.437. The summed E-state index contributed by atoms with van der Waals surface area (Å²) >= 11 is 3.63. The van der Waals surface area contributed by atoms with Crippen molar-refractivity contribution in [3.05, 3.63) is 33.3 Å². The van der Waals surface area contributed by atoms with Crippen LogP contribution in [0.4, 0.5) is 0 Å². The lowest BCUT2D eigenvalue weighted by atomic mass is 9.93. The molecule has 0 saturated carbocycles. The van der Waals surface area contributed by atoms with Gasteiger partial charge in [0.1, 0.15) is 0 Å². The van der Waals surface area contributed by atoms with Gasteiger partial charge in [-0.15, -0.1) is 0 Å². The van der Waals surface area contributed by atoms with Gasteiger partial charge in [0, 0.05) is 17.1 Å². The first-order valence-corrected chi connectivity index (χ1v) is 9.02. The Labute approximate surface area is 137 Å². The Balaban J connectivity index is 2.05.